The topological polar surface area (TPSA) is 38.0 Å². The van der Waals surface area contributed by atoms with Crippen LogP contribution < -0.4 is 11.1 Å². The molecule has 1 aliphatic carbocycles. The second-order valence-electron chi connectivity index (χ2n) is 5.09. The molecule has 3 N–H and O–H groups in total. The van der Waals surface area contributed by atoms with Crippen LogP contribution in [0.1, 0.15) is 50.1 Å². The summed E-state index contributed by atoms with van der Waals surface area (Å²) in [5.74, 6) is 0. The summed E-state index contributed by atoms with van der Waals surface area (Å²) in [6, 6.07) is 11.3. The van der Waals surface area contributed by atoms with E-state index in [2.05, 4.69) is 29.6 Å². The van der Waals surface area contributed by atoms with Crippen molar-refractivity contribution in [1.82, 2.24) is 5.32 Å². The van der Waals surface area contributed by atoms with Crippen molar-refractivity contribution >= 4 is 0 Å². The van der Waals surface area contributed by atoms with E-state index in [4.69, 9.17) is 5.73 Å². The second kappa shape index (κ2) is 6.77. The molecule has 0 bridgehead atoms. The van der Waals surface area contributed by atoms with Gasteiger partial charge in [-0.3, -0.25) is 0 Å². The lowest BCUT2D eigenvalue weighted by atomic mass is 9.95. The molecule has 0 radical (unpaired) electrons. The zero-order valence-corrected chi connectivity index (χ0v) is 10.6. The number of hydrogen-bond donors (Lipinski definition) is 2. The molecular weight excluding hydrogens is 208 g/mol. The highest BCUT2D eigenvalue weighted by molar-refractivity contribution is 5.18. The van der Waals surface area contributed by atoms with Crippen LogP contribution in [0.15, 0.2) is 30.3 Å². The first-order valence-corrected chi connectivity index (χ1v) is 6.90. The van der Waals surface area contributed by atoms with E-state index in [1.54, 1.807) is 0 Å². The Morgan fingerprint density at radius 3 is 2.53 bits per heavy atom. The molecule has 94 valence electrons. The molecule has 1 unspecified atom stereocenters. The summed E-state index contributed by atoms with van der Waals surface area (Å²) in [6.45, 7) is 1.04. The molecule has 1 fully saturated rings. The largest absolute Gasteiger partial charge is 0.324 e. The minimum Gasteiger partial charge on any atom is -0.324 e. The van der Waals surface area contributed by atoms with Crippen LogP contribution >= 0.6 is 0 Å². The first-order valence-electron chi connectivity index (χ1n) is 6.90. The Hall–Kier alpha value is -0.860. The number of rotatable bonds is 5. The molecule has 1 aromatic rings. The smallest absolute Gasteiger partial charge is 0.0306 e. The summed E-state index contributed by atoms with van der Waals surface area (Å²) in [7, 11) is 0. The van der Waals surface area contributed by atoms with Gasteiger partial charge in [0.2, 0.25) is 0 Å². The quantitative estimate of drug-likeness (QED) is 0.819. The van der Waals surface area contributed by atoms with Crippen LogP contribution in [0.25, 0.3) is 0 Å². The molecular formula is C15H24N2. The molecule has 0 amide bonds. The van der Waals surface area contributed by atoms with Gasteiger partial charge in [0.05, 0.1) is 0 Å². The van der Waals surface area contributed by atoms with E-state index in [0.29, 0.717) is 0 Å². The molecule has 0 spiro atoms. The van der Waals surface area contributed by atoms with E-state index in [0.717, 1.165) is 19.0 Å². The number of nitrogens with one attached hydrogen (secondary N) is 1. The highest BCUT2D eigenvalue weighted by Gasteiger charge is 2.12. The molecule has 2 rings (SSSR count). The number of benzene rings is 1. The van der Waals surface area contributed by atoms with Gasteiger partial charge < -0.3 is 11.1 Å². The van der Waals surface area contributed by atoms with Gasteiger partial charge in [0.1, 0.15) is 0 Å². The Bertz CT molecular complexity index is 304. The Labute approximate surface area is 105 Å². The summed E-state index contributed by atoms with van der Waals surface area (Å²) in [6.07, 6.45) is 7.92. The highest BCUT2D eigenvalue weighted by atomic mass is 14.9. The summed E-state index contributed by atoms with van der Waals surface area (Å²) in [4.78, 5) is 0. The van der Waals surface area contributed by atoms with Crippen LogP contribution in [0.2, 0.25) is 0 Å². The van der Waals surface area contributed by atoms with E-state index in [1.807, 2.05) is 6.07 Å². The Kier molecular flexibility index (Phi) is 5.02. The Morgan fingerprint density at radius 1 is 1.12 bits per heavy atom. The van der Waals surface area contributed by atoms with Gasteiger partial charge in [-0.1, -0.05) is 49.6 Å². The van der Waals surface area contributed by atoms with E-state index >= 15 is 0 Å². The molecule has 1 aliphatic rings. The molecule has 0 aromatic heterocycles. The van der Waals surface area contributed by atoms with Gasteiger partial charge in [0, 0.05) is 12.1 Å². The fourth-order valence-corrected chi connectivity index (χ4v) is 2.62. The van der Waals surface area contributed by atoms with Crippen LogP contribution in [-0.2, 0) is 0 Å². The Balaban J connectivity index is 1.67. The first-order chi connectivity index (χ1) is 8.36. The molecule has 0 saturated heterocycles. The van der Waals surface area contributed by atoms with Crippen molar-refractivity contribution < 1.29 is 0 Å². The van der Waals surface area contributed by atoms with E-state index in [9.17, 15) is 0 Å². The lowest BCUT2D eigenvalue weighted by Gasteiger charge is -2.23. The van der Waals surface area contributed by atoms with E-state index in [1.165, 1.54) is 37.7 Å². The van der Waals surface area contributed by atoms with Crippen LogP contribution in [0.4, 0.5) is 0 Å². The summed E-state index contributed by atoms with van der Waals surface area (Å²) >= 11 is 0. The highest BCUT2D eigenvalue weighted by Crippen LogP contribution is 2.18. The third-order valence-electron chi connectivity index (χ3n) is 3.72. The summed E-state index contributed by atoms with van der Waals surface area (Å²) in [5, 5.41) is 3.64. The molecule has 17 heavy (non-hydrogen) atoms. The van der Waals surface area contributed by atoms with Crippen molar-refractivity contribution in [3.63, 3.8) is 0 Å². The fourth-order valence-electron chi connectivity index (χ4n) is 2.62. The lowest BCUT2D eigenvalue weighted by Crippen LogP contribution is -2.33. The molecule has 1 atom stereocenters. The van der Waals surface area contributed by atoms with Crippen molar-refractivity contribution in [3.05, 3.63) is 35.9 Å². The van der Waals surface area contributed by atoms with Gasteiger partial charge in [-0.15, -0.1) is 0 Å². The number of nitrogens with two attached hydrogens (primary N) is 1. The van der Waals surface area contributed by atoms with Gasteiger partial charge in [-0.05, 0) is 31.4 Å². The monoisotopic (exact) mass is 232 g/mol. The van der Waals surface area contributed by atoms with Crippen molar-refractivity contribution in [3.8, 4) is 0 Å². The molecule has 0 aliphatic heterocycles. The summed E-state index contributed by atoms with van der Waals surface area (Å²) in [5.41, 5.74) is 7.42. The third-order valence-corrected chi connectivity index (χ3v) is 3.72. The molecule has 1 saturated carbocycles. The van der Waals surface area contributed by atoms with Crippen molar-refractivity contribution in [2.45, 2.75) is 50.6 Å². The van der Waals surface area contributed by atoms with Gasteiger partial charge in [0.25, 0.3) is 0 Å². The number of hydrogen-bond acceptors (Lipinski definition) is 2. The molecule has 0 heterocycles. The minimum absolute atomic E-state index is 0.173. The average molecular weight is 232 g/mol. The van der Waals surface area contributed by atoms with Gasteiger partial charge in [-0.25, -0.2) is 0 Å². The predicted octanol–water partition coefficient (Wildman–Crippen LogP) is 3.00. The predicted molar refractivity (Wildman–Crippen MR) is 72.9 cm³/mol. The van der Waals surface area contributed by atoms with E-state index < -0.39 is 0 Å². The molecule has 1 aromatic carbocycles. The zero-order valence-electron chi connectivity index (χ0n) is 10.6. The SMILES string of the molecule is NC(CCNC1CCCCC1)c1ccccc1. The van der Waals surface area contributed by atoms with Crippen molar-refractivity contribution in [2.24, 2.45) is 5.73 Å². The minimum atomic E-state index is 0.173. The van der Waals surface area contributed by atoms with Crippen LogP contribution in [0, 0.1) is 0 Å². The molecule has 2 heteroatoms. The maximum Gasteiger partial charge on any atom is 0.0306 e. The third kappa shape index (κ3) is 4.14. The molecule has 2 nitrogen and oxygen atoms in total. The maximum atomic E-state index is 6.17. The standard InChI is InChI=1S/C15H24N2/c16-15(13-7-3-1-4-8-13)11-12-17-14-9-5-2-6-10-14/h1,3-4,7-8,14-15,17H,2,5-6,9-12,16H2. The zero-order chi connectivity index (χ0) is 11.9. The first kappa shape index (κ1) is 12.6. The second-order valence-corrected chi connectivity index (χ2v) is 5.09. The van der Waals surface area contributed by atoms with Crippen molar-refractivity contribution in [1.29, 1.82) is 0 Å². The lowest BCUT2D eigenvalue weighted by molar-refractivity contribution is 0.368. The van der Waals surface area contributed by atoms with Gasteiger partial charge in [0.15, 0.2) is 0 Å². The Morgan fingerprint density at radius 2 is 1.82 bits per heavy atom. The van der Waals surface area contributed by atoms with Gasteiger partial charge >= 0.3 is 0 Å². The van der Waals surface area contributed by atoms with Crippen LogP contribution in [0.3, 0.4) is 0 Å². The normalized spacial score (nSPS) is 19.1. The average Bonchev–Trinajstić information content (AvgIpc) is 2.41. The fraction of sp³-hybridized carbons (Fsp3) is 0.600. The van der Waals surface area contributed by atoms with Crippen molar-refractivity contribution in [2.75, 3.05) is 6.54 Å². The van der Waals surface area contributed by atoms with Gasteiger partial charge in [-0.2, -0.15) is 0 Å². The van der Waals surface area contributed by atoms with E-state index in [-0.39, 0.29) is 6.04 Å². The summed E-state index contributed by atoms with van der Waals surface area (Å²) < 4.78 is 0. The van der Waals surface area contributed by atoms with Crippen LogP contribution in [0.5, 0.6) is 0 Å². The van der Waals surface area contributed by atoms with Crippen LogP contribution in [-0.4, -0.2) is 12.6 Å². The maximum absolute atomic E-state index is 6.17.